The number of thiophene rings is 1. The highest BCUT2D eigenvalue weighted by Crippen LogP contribution is 2.10. The van der Waals surface area contributed by atoms with Gasteiger partial charge in [0.05, 0.1) is 12.2 Å². The largest absolute Gasteiger partial charge is 0.374 e. The van der Waals surface area contributed by atoms with E-state index in [1.165, 1.54) is 5.56 Å². The zero-order valence-corrected chi connectivity index (χ0v) is 9.93. The Hall–Kier alpha value is -0.380. The van der Waals surface area contributed by atoms with Crippen LogP contribution in [0.15, 0.2) is 16.8 Å². The van der Waals surface area contributed by atoms with Gasteiger partial charge in [0, 0.05) is 6.04 Å². The summed E-state index contributed by atoms with van der Waals surface area (Å²) in [6, 6.07) is 2.21. The van der Waals surface area contributed by atoms with Gasteiger partial charge in [-0.3, -0.25) is 0 Å². The van der Waals surface area contributed by atoms with Crippen LogP contribution in [0.3, 0.4) is 0 Å². The number of nitrogens with two attached hydrogens (primary N) is 1. The van der Waals surface area contributed by atoms with E-state index in [0.717, 1.165) is 6.42 Å². The van der Waals surface area contributed by atoms with Gasteiger partial charge in [-0.1, -0.05) is 0 Å². The zero-order valence-electron chi connectivity index (χ0n) is 9.12. The van der Waals surface area contributed by atoms with Crippen LogP contribution in [0.25, 0.3) is 0 Å². The molecule has 2 N–H and O–H groups in total. The molecule has 0 aromatic carbocycles. The first-order valence-corrected chi connectivity index (χ1v) is 5.82. The molecule has 0 saturated carbocycles. The molecule has 3 heteroatoms. The van der Waals surface area contributed by atoms with Crippen LogP contribution < -0.4 is 5.73 Å². The van der Waals surface area contributed by atoms with Crippen molar-refractivity contribution in [2.45, 2.75) is 38.8 Å². The third-order valence-corrected chi connectivity index (χ3v) is 2.54. The first-order chi connectivity index (χ1) is 6.47. The summed E-state index contributed by atoms with van der Waals surface area (Å²) in [4.78, 5) is 0. The average Bonchev–Trinajstić information content (AvgIpc) is 2.52. The summed E-state index contributed by atoms with van der Waals surface area (Å²) >= 11 is 1.71. The Kier molecular flexibility index (Phi) is 4.11. The van der Waals surface area contributed by atoms with Crippen molar-refractivity contribution < 1.29 is 4.74 Å². The fourth-order valence-corrected chi connectivity index (χ4v) is 1.81. The van der Waals surface area contributed by atoms with E-state index in [0.29, 0.717) is 6.61 Å². The number of ether oxygens (including phenoxy) is 1. The molecular weight excluding hydrogens is 194 g/mol. The van der Waals surface area contributed by atoms with E-state index in [1.807, 2.05) is 20.8 Å². The van der Waals surface area contributed by atoms with Crippen molar-refractivity contribution in [1.82, 2.24) is 0 Å². The topological polar surface area (TPSA) is 35.2 Å². The standard InChI is InChI=1S/C11H19NOS/c1-11(2,3)13-7-10(12)6-9-4-5-14-8-9/h4-5,8,10H,6-7,12H2,1-3H3. The molecule has 1 heterocycles. The molecule has 1 atom stereocenters. The Balaban J connectivity index is 2.26. The van der Waals surface area contributed by atoms with Gasteiger partial charge in [0.1, 0.15) is 0 Å². The van der Waals surface area contributed by atoms with Crippen LogP contribution in [0.2, 0.25) is 0 Å². The van der Waals surface area contributed by atoms with Crippen LogP contribution in [0.4, 0.5) is 0 Å². The maximum atomic E-state index is 5.95. The summed E-state index contributed by atoms with van der Waals surface area (Å²) < 4.78 is 5.62. The van der Waals surface area contributed by atoms with Gasteiger partial charge in [-0.2, -0.15) is 11.3 Å². The van der Waals surface area contributed by atoms with Crippen molar-refractivity contribution in [3.8, 4) is 0 Å². The second kappa shape index (κ2) is 4.91. The summed E-state index contributed by atoms with van der Waals surface area (Å²) in [5, 5.41) is 4.21. The summed E-state index contributed by atoms with van der Waals surface area (Å²) in [5.41, 5.74) is 7.17. The van der Waals surface area contributed by atoms with Crippen molar-refractivity contribution >= 4 is 11.3 Å². The Morgan fingerprint density at radius 2 is 2.21 bits per heavy atom. The second-order valence-electron chi connectivity index (χ2n) is 4.52. The SMILES string of the molecule is CC(C)(C)OCC(N)Cc1ccsc1. The normalized spacial score (nSPS) is 14.3. The Labute approximate surface area is 90.1 Å². The lowest BCUT2D eigenvalue weighted by Crippen LogP contribution is -2.33. The number of hydrogen-bond donors (Lipinski definition) is 1. The quantitative estimate of drug-likeness (QED) is 0.833. The van der Waals surface area contributed by atoms with E-state index >= 15 is 0 Å². The molecule has 0 spiro atoms. The Morgan fingerprint density at radius 1 is 1.50 bits per heavy atom. The fourth-order valence-electron chi connectivity index (χ4n) is 1.13. The van der Waals surface area contributed by atoms with Gasteiger partial charge in [-0.15, -0.1) is 0 Å². The highest BCUT2D eigenvalue weighted by atomic mass is 32.1. The summed E-state index contributed by atoms with van der Waals surface area (Å²) in [6.45, 7) is 6.76. The van der Waals surface area contributed by atoms with Crippen LogP contribution >= 0.6 is 11.3 Å². The lowest BCUT2D eigenvalue weighted by molar-refractivity contribution is -0.00982. The van der Waals surface area contributed by atoms with E-state index in [1.54, 1.807) is 11.3 Å². The molecule has 1 unspecified atom stereocenters. The minimum Gasteiger partial charge on any atom is -0.374 e. The monoisotopic (exact) mass is 213 g/mol. The van der Waals surface area contributed by atoms with Gasteiger partial charge in [0.25, 0.3) is 0 Å². The predicted molar refractivity (Wildman–Crippen MR) is 61.7 cm³/mol. The molecule has 0 aliphatic carbocycles. The molecule has 80 valence electrons. The van der Waals surface area contributed by atoms with Gasteiger partial charge in [-0.05, 0) is 49.6 Å². The third kappa shape index (κ3) is 4.74. The van der Waals surface area contributed by atoms with Gasteiger partial charge in [0.15, 0.2) is 0 Å². The van der Waals surface area contributed by atoms with E-state index < -0.39 is 0 Å². The maximum absolute atomic E-state index is 5.95. The fraction of sp³-hybridized carbons (Fsp3) is 0.636. The molecule has 0 fully saturated rings. The first-order valence-electron chi connectivity index (χ1n) is 4.88. The average molecular weight is 213 g/mol. The van der Waals surface area contributed by atoms with Crippen molar-refractivity contribution in [3.63, 3.8) is 0 Å². The summed E-state index contributed by atoms with van der Waals surface area (Å²) in [6.07, 6.45) is 0.902. The molecule has 1 aromatic rings. The smallest absolute Gasteiger partial charge is 0.0627 e. The van der Waals surface area contributed by atoms with Crippen molar-refractivity contribution in [1.29, 1.82) is 0 Å². The summed E-state index contributed by atoms with van der Waals surface area (Å²) in [7, 11) is 0. The Morgan fingerprint density at radius 3 is 2.71 bits per heavy atom. The lowest BCUT2D eigenvalue weighted by Gasteiger charge is -2.22. The molecule has 0 amide bonds. The van der Waals surface area contributed by atoms with Crippen molar-refractivity contribution in [2.75, 3.05) is 6.61 Å². The molecular formula is C11H19NOS. The molecule has 0 saturated heterocycles. The molecule has 0 aliphatic rings. The van der Waals surface area contributed by atoms with Gasteiger partial charge in [0.2, 0.25) is 0 Å². The lowest BCUT2D eigenvalue weighted by atomic mass is 10.1. The van der Waals surface area contributed by atoms with Gasteiger partial charge < -0.3 is 10.5 Å². The summed E-state index contributed by atoms with van der Waals surface area (Å²) in [5.74, 6) is 0. The van der Waals surface area contributed by atoms with Crippen LogP contribution in [0, 0.1) is 0 Å². The molecule has 0 aliphatic heterocycles. The highest BCUT2D eigenvalue weighted by molar-refractivity contribution is 7.07. The van der Waals surface area contributed by atoms with Gasteiger partial charge in [-0.25, -0.2) is 0 Å². The number of hydrogen-bond acceptors (Lipinski definition) is 3. The van der Waals surface area contributed by atoms with Crippen molar-refractivity contribution in [2.24, 2.45) is 5.73 Å². The molecule has 1 aromatic heterocycles. The van der Waals surface area contributed by atoms with Gasteiger partial charge >= 0.3 is 0 Å². The third-order valence-electron chi connectivity index (χ3n) is 1.81. The van der Waals surface area contributed by atoms with E-state index in [-0.39, 0.29) is 11.6 Å². The molecule has 1 rings (SSSR count). The predicted octanol–water partition coefficient (Wildman–Crippen LogP) is 2.43. The van der Waals surface area contributed by atoms with Crippen LogP contribution in [-0.2, 0) is 11.2 Å². The molecule has 0 bridgehead atoms. The minimum absolute atomic E-state index is 0.0910. The van der Waals surface area contributed by atoms with Crippen molar-refractivity contribution in [3.05, 3.63) is 22.4 Å². The van der Waals surface area contributed by atoms with E-state index in [2.05, 4.69) is 16.8 Å². The second-order valence-corrected chi connectivity index (χ2v) is 5.30. The van der Waals surface area contributed by atoms with Crippen LogP contribution in [0.1, 0.15) is 26.3 Å². The van der Waals surface area contributed by atoms with E-state index in [4.69, 9.17) is 10.5 Å². The molecule has 14 heavy (non-hydrogen) atoms. The maximum Gasteiger partial charge on any atom is 0.0627 e. The first kappa shape index (κ1) is 11.7. The van der Waals surface area contributed by atoms with Crippen LogP contribution in [-0.4, -0.2) is 18.2 Å². The number of rotatable bonds is 4. The zero-order chi connectivity index (χ0) is 10.6. The van der Waals surface area contributed by atoms with Crippen LogP contribution in [0.5, 0.6) is 0 Å². The Bertz CT molecular complexity index is 251. The highest BCUT2D eigenvalue weighted by Gasteiger charge is 2.13. The minimum atomic E-state index is -0.0910. The molecule has 0 radical (unpaired) electrons. The molecule has 2 nitrogen and oxygen atoms in total. The van der Waals surface area contributed by atoms with E-state index in [9.17, 15) is 0 Å².